The minimum absolute atomic E-state index is 0.144. The van der Waals surface area contributed by atoms with Crippen LogP contribution in [0, 0.1) is 10.8 Å². The van der Waals surface area contributed by atoms with Crippen molar-refractivity contribution >= 4 is 11.9 Å². The number of likely N-dealkylation sites (N-methyl/N-ethyl adjacent to an activating group) is 1. The summed E-state index contributed by atoms with van der Waals surface area (Å²) in [5, 5.41) is 2.78. The maximum Gasteiger partial charge on any atom is 0.313 e. The third-order valence-corrected chi connectivity index (χ3v) is 4.79. The fraction of sp³-hybridized carbons (Fsp3) is 0.833. The summed E-state index contributed by atoms with van der Waals surface area (Å²) in [4.78, 5) is 24.0. The molecule has 2 rings (SSSR count). The van der Waals surface area contributed by atoms with Gasteiger partial charge in [-0.2, -0.15) is 0 Å². The number of carbonyl (C=O) groups is 2. The van der Waals surface area contributed by atoms with Crippen LogP contribution in [0.25, 0.3) is 0 Å². The van der Waals surface area contributed by atoms with E-state index in [4.69, 9.17) is 4.74 Å². The number of amides is 1. The molecule has 0 aromatic rings. The summed E-state index contributed by atoms with van der Waals surface area (Å²) < 4.78 is 5.43. The zero-order chi connectivity index (χ0) is 12.2. The van der Waals surface area contributed by atoms with Crippen molar-refractivity contribution in [1.82, 2.24) is 5.32 Å². The Morgan fingerprint density at radius 2 is 2.00 bits per heavy atom. The second-order valence-electron chi connectivity index (χ2n) is 5.53. The maximum atomic E-state index is 12.1. The molecule has 0 radical (unpaired) electrons. The molecular weight excluding hydrogens is 206 g/mol. The molecule has 0 spiro atoms. The van der Waals surface area contributed by atoms with Crippen molar-refractivity contribution in [3.05, 3.63) is 0 Å². The fourth-order valence-electron chi connectivity index (χ4n) is 3.05. The van der Waals surface area contributed by atoms with Crippen LogP contribution in [-0.4, -0.2) is 24.0 Å². The van der Waals surface area contributed by atoms with E-state index in [9.17, 15) is 9.59 Å². The van der Waals surface area contributed by atoms with Crippen molar-refractivity contribution in [3.63, 3.8) is 0 Å². The summed E-state index contributed by atoms with van der Waals surface area (Å²) in [6, 6.07) is 0. The minimum atomic E-state index is -0.950. The number of esters is 1. The quantitative estimate of drug-likeness (QED) is 0.719. The van der Waals surface area contributed by atoms with E-state index in [0.717, 1.165) is 6.42 Å². The highest BCUT2D eigenvalue weighted by Crippen LogP contribution is 2.65. The predicted octanol–water partition coefficient (Wildman–Crippen LogP) is 1.24. The lowest BCUT2D eigenvalue weighted by Gasteiger charge is -2.35. The third kappa shape index (κ3) is 0.955. The van der Waals surface area contributed by atoms with Gasteiger partial charge in [-0.15, -0.1) is 0 Å². The predicted molar refractivity (Wildman–Crippen MR) is 58.6 cm³/mol. The zero-order valence-corrected chi connectivity index (χ0v) is 10.3. The normalized spacial score (nSPS) is 39.6. The van der Waals surface area contributed by atoms with E-state index in [1.807, 2.05) is 27.7 Å². The second kappa shape index (κ2) is 2.99. The molecule has 16 heavy (non-hydrogen) atoms. The molecule has 2 atom stereocenters. The first-order valence-corrected chi connectivity index (χ1v) is 5.83. The molecule has 90 valence electrons. The van der Waals surface area contributed by atoms with Crippen LogP contribution in [0.5, 0.6) is 0 Å². The second-order valence-corrected chi connectivity index (χ2v) is 5.53. The summed E-state index contributed by atoms with van der Waals surface area (Å²) >= 11 is 0. The molecule has 2 bridgehead atoms. The Labute approximate surface area is 95.7 Å². The number of ether oxygens (including phenoxy) is 1. The molecule has 1 aliphatic carbocycles. The molecule has 1 N–H and O–H groups in total. The molecule has 1 saturated heterocycles. The summed E-state index contributed by atoms with van der Waals surface area (Å²) in [6.07, 6.45) is 1.37. The van der Waals surface area contributed by atoms with Gasteiger partial charge < -0.3 is 10.1 Å². The van der Waals surface area contributed by atoms with E-state index in [0.29, 0.717) is 13.0 Å². The minimum Gasteiger partial charge on any atom is -0.448 e. The Balaban J connectivity index is 2.44. The van der Waals surface area contributed by atoms with Crippen molar-refractivity contribution in [3.8, 4) is 0 Å². The fourth-order valence-corrected chi connectivity index (χ4v) is 3.05. The van der Waals surface area contributed by atoms with E-state index in [1.54, 1.807) is 0 Å². The summed E-state index contributed by atoms with van der Waals surface area (Å²) in [5.41, 5.74) is -1.90. The highest BCUT2D eigenvalue weighted by molar-refractivity contribution is 5.96. The van der Waals surface area contributed by atoms with Gasteiger partial charge in [-0.1, -0.05) is 13.8 Å². The summed E-state index contributed by atoms with van der Waals surface area (Å²) in [6.45, 7) is 8.25. The molecule has 4 nitrogen and oxygen atoms in total. The molecule has 1 amide bonds. The van der Waals surface area contributed by atoms with Crippen molar-refractivity contribution in [2.45, 2.75) is 46.1 Å². The van der Waals surface area contributed by atoms with Gasteiger partial charge in [-0.05, 0) is 26.7 Å². The van der Waals surface area contributed by atoms with Crippen LogP contribution in [0.1, 0.15) is 40.5 Å². The van der Waals surface area contributed by atoms with Gasteiger partial charge in [0.1, 0.15) is 0 Å². The smallest absolute Gasteiger partial charge is 0.313 e. The van der Waals surface area contributed by atoms with Crippen LogP contribution in [0.15, 0.2) is 0 Å². The van der Waals surface area contributed by atoms with Crippen LogP contribution < -0.4 is 5.32 Å². The number of nitrogens with one attached hydrogen (secondary N) is 1. The lowest BCUT2D eigenvalue weighted by Crippen LogP contribution is -2.53. The highest BCUT2D eigenvalue weighted by Gasteiger charge is 2.75. The van der Waals surface area contributed by atoms with Crippen molar-refractivity contribution in [1.29, 1.82) is 0 Å². The number of carbonyl (C=O) groups excluding carboxylic acids is 2. The molecule has 2 aliphatic rings. The molecule has 0 aromatic carbocycles. The largest absolute Gasteiger partial charge is 0.448 e. The first-order valence-electron chi connectivity index (χ1n) is 5.83. The van der Waals surface area contributed by atoms with E-state index in [1.165, 1.54) is 0 Å². The Morgan fingerprint density at radius 3 is 2.38 bits per heavy atom. The van der Waals surface area contributed by atoms with Crippen LogP contribution in [0.4, 0.5) is 0 Å². The third-order valence-electron chi connectivity index (χ3n) is 4.79. The standard InChI is InChI=1S/C12H19NO3/c1-5-13-8(14)12-7-6-11(4,9(15)16-12)10(12,2)3/h5-7H2,1-4H3,(H,13,14)/t11-,12-/m0/s1. The van der Waals surface area contributed by atoms with Crippen LogP contribution in [0.3, 0.4) is 0 Å². The monoisotopic (exact) mass is 225 g/mol. The van der Waals surface area contributed by atoms with E-state index >= 15 is 0 Å². The van der Waals surface area contributed by atoms with E-state index in [-0.39, 0.29) is 11.9 Å². The van der Waals surface area contributed by atoms with Gasteiger partial charge in [-0.25, -0.2) is 0 Å². The van der Waals surface area contributed by atoms with Gasteiger partial charge >= 0.3 is 5.97 Å². The number of fused-ring (bicyclic) bond motifs is 2. The molecule has 0 aromatic heterocycles. The maximum absolute atomic E-state index is 12.1. The molecule has 2 fully saturated rings. The molecule has 1 aliphatic heterocycles. The summed E-state index contributed by atoms with van der Waals surface area (Å²) in [5.74, 6) is -0.371. The van der Waals surface area contributed by atoms with Gasteiger partial charge in [0.25, 0.3) is 5.91 Å². The topological polar surface area (TPSA) is 55.4 Å². The van der Waals surface area contributed by atoms with Gasteiger partial charge in [0.05, 0.1) is 5.41 Å². The lowest BCUT2D eigenvalue weighted by atomic mass is 9.66. The summed E-state index contributed by atoms with van der Waals surface area (Å²) in [7, 11) is 0. The molecule has 1 saturated carbocycles. The first kappa shape index (κ1) is 11.4. The number of rotatable bonds is 2. The van der Waals surface area contributed by atoms with Gasteiger partial charge in [0.15, 0.2) is 5.60 Å². The van der Waals surface area contributed by atoms with Crippen LogP contribution in [-0.2, 0) is 14.3 Å². The van der Waals surface area contributed by atoms with Crippen LogP contribution >= 0.6 is 0 Å². The Kier molecular flexibility index (Phi) is 2.14. The molecular formula is C12H19NO3. The number of hydrogen-bond acceptors (Lipinski definition) is 3. The van der Waals surface area contributed by atoms with Gasteiger partial charge in [0, 0.05) is 12.0 Å². The highest BCUT2D eigenvalue weighted by atomic mass is 16.6. The molecule has 4 heteroatoms. The molecule has 1 heterocycles. The van der Waals surface area contributed by atoms with Crippen molar-refractivity contribution in [2.24, 2.45) is 10.8 Å². The van der Waals surface area contributed by atoms with Crippen molar-refractivity contribution in [2.75, 3.05) is 6.54 Å². The Hall–Kier alpha value is -1.06. The lowest BCUT2D eigenvalue weighted by molar-refractivity contribution is -0.168. The zero-order valence-electron chi connectivity index (χ0n) is 10.3. The Morgan fingerprint density at radius 1 is 1.38 bits per heavy atom. The Bertz CT molecular complexity index is 363. The number of hydrogen-bond donors (Lipinski definition) is 1. The average Bonchev–Trinajstić information content (AvgIpc) is 2.48. The van der Waals surface area contributed by atoms with Crippen molar-refractivity contribution < 1.29 is 14.3 Å². The van der Waals surface area contributed by atoms with Gasteiger partial charge in [-0.3, -0.25) is 9.59 Å². The average molecular weight is 225 g/mol. The van der Waals surface area contributed by atoms with E-state index in [2.05, 4.69) is 5.32 Å². The first-order chi connectivity index (χ1) is 7.32. The molecule has 0 unspecified atom stereocenters. The van der Waals surface area contributed by atoms with Crippen LogP contribution in [0.2, 0.25) is 0 Å². The SMILES string of the molecule is CCNC(=O)[C@]12CC[C@@](C)(C(=O)O1)C2(C)C. The van der Waals surface area contributed by atoms with Gasteiger partial charge in [0.2, 0.25) is 0 Å². The van der Waals surface area contributed by atoms with E-state index < -0.39 is 16.4 Å².